The predicted molar refractivity (Wildman–Crippen MR) is 115 cm³/mol. The summed E-state index contributed by atoms with van der Waals surface area (Å²) in [6.07, 6.45) is 5.93. The normalized spacial score (nSPS) is 21.3. The summed E-state index contributed by atoms with van der Waals surface area (Å²) in [5.74, 6) is 3.12. The summed E-state index contributed by atoms with van der Waals surface area (Å²) < 4.78 is 22.2. The number of carbonyl (C=O) groups is 1. The summed E-state index contributed by atoms with van der Waals surface area (Å²) >= 11 is 0. The van der Waals surface area contributed by atoms with E-state index in [0.717, 1.165) is 29.7 Å². The molecular weight excluding hydrogens is 380 g/mol. The van der Waals surface area contributed by atoms with Crippen molar-refractivity contribution < 1.29 is 23.7 Å². The van der Waals surface area contributed by atoms with Crippen LogP contribution in [0.2, 0.25) is 0 Å². The van der Waals surface area contributed by atoms with Crippen molar-refractivity contribution in [2.24, 2.45) is 5.92 Å². The van der Waals surface area contributed by atoms with Crippen molar-refractivity contribution in [3.8, 4) is 23.0 Å². The standard InChI is InChI=1S/C25H30O5/c1-27-17-10-16(11-18(12-17)28-2)23-22(15-8-6-5-7-9-15)24-20(25(23)26)13-19(29-3)14-21(24)30-4/h10-15,22-23H,5-9H2,1-4H3/t22-,23-/m0/s1. The lowest BCUT2D eigenvalue weighted by molar-refractivity contribution is 0.0950. The van der Waals surface area contributed by atoms with Gasteiger partial charge in [0.25, 0.3) is 0 Å². The Labute approximate surface area is 178 Å². The molecule has 0 aliphatic heterocycles. The first-order valence-electron chi connectivity index (χ1n) is 10.6. The quantitative estimate of drug-likeness (QED) is 0.641. The van der Waals surface area contributed by atoms with Crippen molar-refractivity contribution in [3.05, 3.63) is 47.0 Å². The van der Waals surface area contributed by atoms with Gasteiger partial charge in [-0.2, -0.15) is 0 Å². The second-order valence-electron chi connectivity index (χ2n) is 8.20. The first kappa shape index (κ1) is 20.6. The van der Waals surface area contributed by atoms with Crippen LogP contribution in [0.25, 0.3) is 0 Å². The van der Waals surface area contributed by atoms with Gasteiger partial charge in [-0.1, -0.05) is 19.3 Å². The second-order valence-corrected chi connectivity index (χ2v) is 8.20. The van der Waals surface area contributed by atoms with E-state index in [2.05, 4.69) is 0 Å². The molecule has 5 heteroatoms. The van der Waals surface area contributed by atoms with Gasteiger partial charge in [-0.3, -0.25) is 4.79 Å². The Morgan fingerprint density at radius 1 is 0.733 bits per heavy atom. The molecular formula is C25H30O5. The van der Waals surface area contributed by atoms with Gasteiger partial charge >= 0.3 is 0 Å². The van der Waals surface area contributed by atoms with Gasteiger partial charge in [-0.25, -0.2) is 0 Å². The van der Waals surface area contributed by atoms with Crippen LogP contribution in [0.4, 0.5) is 0 Å². The van der Waals surface area contributed by atoms with E-state index in [1.54, 1.807) is 28.4 Å². The lowest BCUT2D eigenvalue weighted by atomic mass is 9.71. The summed E-state index contributed by atoms with van der Waals surface area (Å²) in [4.78, 5) is 13.8. The predicted octanol–water partition coefficient (Wildman–Crippen LogP) is 5.37. The molecule has 2 aliphatic carbocycles. The van der Waals surface area contributed by atoms with Crippen molar-refractivity contribution >= 4 is 5.78 Å². The maximum Gasteiger partial charge on any atom is 0.171 e. The zero-order chi connectivity index (χ0) is 21.3. The van der Waals surface area contributed by atoms with E-state index in [-0.39, 0.29) is 17.6 Å². The number of carbonyl (C=O) groups excluding carboxylic acids is 1. The maximum absolute atomic E-state index is 13.8. The third-order valence-electron chi connectivity index (χ3n) is 6.70. The number of hydrogen-bond acceptors (Lipinski definition) is 5. The highest BCUT2D eigenvalue weighted by atomic mass is 16.5. The molecule has 0 amide bonds. The van der Waals surface area contributed by atoms with Gasteiger partial charge in [0.05, 0.1) is 34.4 Å². The van der Waals surface area contributed by atoms with Gasteiger partial charge in [-0.05, 0) is 42.5 Å². The third kappa shape index (κ3) is 3.51. The van der Waals surface area contributed by atoms with Gasteiger partial charge in [0.1, 0.15) is 23.0 Å². The van der Waals surface area contributed by atoms with Gasteiger partial charge in [-0.15, -0.1) is 0 Å². The Hall–Kier alpha value is -2.69. The summed E-state index contributed by atoms with van der Waals surface area (Å²) in [5, 5.41) is 0. The Morgan fingerprint density at radius 2 is 1.33 bits per heavy atom. The minimum atomic E-state index is -0.284. The minimum Gasteiger partial charge on any atom is -0.497 e. The zero-order valence-corrected chi connectivity index (χ0v) is 18.2. The van der Waals surface area contributed by atoms with Crippen LogP contribution in [0.1, 0.15) is 65.4 Å². The fraction of sp³-hybridized carbons (Fsp3) is 0.480. The van der Waals surface area contributed by atoms with E-state index in [0.29, 0.717) is 28.7 Å². The molecule has 2 aliphatic rings. The monoisotopic (exact) mass is 410 g/mol. The Bertz CT molecular complexity index is 907. The number of rotatable bonds is 6. The highest BCUT2D eigenvalue weighted by molar-refractivity contribution is 6.07. The van der Waals surface area contributed by atoms with Crippen LogP contribution in [-0.4, -0.2) is 34.2 Å². The number of benzene rings is 2. The van der Waals surface area contributed by atoms with Gasteiger partial charge < -0.3 is 18.9 Å². The second kappa shape index (κ2) is 8.58. The molecule has 0 N–H and O–H groups in total. The number of hydrogen-bond donors (Lipinski definition) is 0. The van der Waals surface area contributed by atoms with Crippen LogP contribution >= 0.6 is 0 Å². The van der Waals surface area contributed by atoms with Crippen LogP contribution in [0.3, 0.4) is 0 Å². The largest absolute Gasteiger partial charge is 0.497 e. The van der Waals surface area contributed by atoms with E-state index in [9.17, 15) is 4.79 Å². The number of fused-ring (bicyclic) bond motifs is 1. The van der Waals surface area contributed by atoms with E-state index >= 15 is 0 Å². The van der Waals surface area contributed by atoms with E-state index in [1.807, 2.05) is 30.3 Å². The van der Waals surface area contributed by atoms with Gasteiger partial charge in [0, 0.05) is 29.2 Å². The molecule has 0 radical (unpaired) electrons. The molecule has 0 spiro atoms. The van der Waals surface area contributed by atoms with Gasteiger partial charge in [0.2, 0.25) is 0 Å². The van der Waals surface area contributed by atoms with Crippen LogP contribution in [0, 0.1) is 5.92 Å². The van der Waals surface area contributed by atoms with Crippen LogP contribution in [-0.2, 0) is 0 Å². The molecule has 30 heavy (non-hydrogen) atoms. The fourth-order valence-electron chi connectivity index (χ4n) is 5.30. The molecule has 2 aromatic rings. The van der Waals surface area contributed by atoms with Crippen molar-refractivity contribution in [3.63, 3.8) is 0 Å². The molecule has 1 fully saturated rings. The summed E-state index contributed by atoms with van der Waals surface area (Å²) in [5.41, 5.74) is 2.68. The molecule has 2 aromatic carbocycles. The smallest absolute Gasteiger partial charge is 0.171 e. The average molecular weight is 411 g/mol. The lowest BCUT2D eigenvalue weighted by Gasteiger charge is -2.32. The third-order valence-corrected chi connectivity index (χ3v) is 6.70. The summed E-state index contributed by atoms with van der Waals surface area (Å²) in [6.45, 7) is 0. The minimum absolute atomic E-state index is 0.0745. The van der Waals surface area contributed by atoms with Crippen molar-refractivity contribution in [1.29, 1.82) is 0 Å². The van der Waals surface area contributed by atoms with Crippen LogP contribution in [0.5, 0.6) is 23.0 Å². The SMILES string of the molecule is COc1cc(OC)cc([C@@H]2C(=O)c3cc(OC)cc(OC)c3[C@H]2C2CCCCC2)c1. The molecule has 0 unspecified atom stereocenters. The highest BCUT2D eigenvalue weighted by Gasteiger charge is 2.47. The van der Waals surface area contributed by atoms with E-state index in [1.165, 1.54) is 19.3 Å². The Morgan fingerprint density at radius 3 is 1.90 bits per heavy atom. The van der Waals surface area contributed by atoms with Crippen molar-refractivity contribution in [1.82, 2.24) is 0 Å². The zero-order valence-electron chi connectivity index (χ0n) is 18.2. The number of methoxy groups -OCH3 is 4. The van der Waals surface area contributed by atoms with E-state index < -0.39 is 0 Å². The first-order valence-corrected chi connectivity index (χ1v) is 10.6. The molecule has 0 aromatic heterocycles. The molecule has 4 rings (SSSR count). The summed E-state index contributed by atoms with van der Waals surface area (Å²) in [6, 6.07) is 9.55. The molecule has 0 bridgehead atoms. The lowest BCUT2D eigenvalue weighted by Crippen LogP contribution is -2.22. The number of ether oxygens (including phenoxy) is 4. The maximum atomic E-state index is 13.8. The van der Waals surface area contributed by atoms with Crippen molar-refractivity contribution in [2.75, 3.05) is 28.4 Å². The Balaban J connectivity index is 1.90. The first-order chi connectivity index (χ1) is 14.6. The molecule has 0 heterocycles. The van der Waals surface area contributed by atoms with E-state index in [4.69, 9.17) is 18.9 Å². The fourth-order valence-corrected chi connectivity index (χ4v) is 5.30. The average Bonchev–Trinajstić information content (AvgIpc) is 3.10. The van der Waals surface area contributed by atoms with Gasteiger partial charge in [0.15, 0.2) is 5.78 Å². The molecule has 5 nitrogen and oxygen atoms in total. The highest BCUT2D eigenvalue weighted by Crippen LogP contribution is 2.55. The molecule has 160 valence electrons. The van der Waals surface area contributed by atoms with Crippen molar-refractivity contribution in [2.45, 2.75) is 43.9 Å². The van der Waals surface area contributed by atoms with Crippen LogP contribution in [0.15, 0.2) is 30.3 Å². The molecule has 1 saturated carbocycles. The Kier molecular flexibility index (Phi) is 5.89. The molecule has 0 saturated heterocycles. The summed E-state index contributed by atoms with van der Waals surface area (Å²) in [7, 11) is 6.55. The topological polar surface area (TPSA) is 54.0 Å². The number of Topliss-reactive ketones (excluding diaryl/α,β-unsaturated/α-hetero) is 1. The molecule has 2 atom stereocenters. The van der Waals surface area contributed by atoms with Crippen LogP contribution < -0.4 is 18.9 Å². The number of ketones is 1.